The number of amides is 1. The summed E-state index contributed by atoms with van der Waals surface area (Å²) in [4.78, 5) is 12.8. The lowest BCUT2D eigenvalue weighted by molar-refractivity contribution is -0.141. The Morgan fingerprint density at radius 2 is 2.36 bits per heavy atom. The van der Waals surface area contributed by atoms with Crippen molar-refractivity contribution in [2.45, 2.75) is 19.4 Å². The first-order chi connectivity index (χ1) is 10.8. The van der Waals surface area contributed by atoms with Crippen LogP contribution in [0.15, 0.2) is 18.2 Å². The molecule has 0 radical (unpaired) electrons. The van der Waals surface area contributed by atoms with Gasteiger partial charge >= 0.3 is 0 Å². The van der Waals surface area contributed by atoms with Crippen LogP contribution in [-0.2, 0) is 22.5 Å². The van der Waals surface area contributed by atoms with E-state index in [-0.39, 0.29) is 5.91 Å². The molecule has 1 amide bonds. The number of benzene rings is 1. The van der Waals surface area contributed by atoms with E-state index in [2.05, 4.69) is 16.7 Å². The van der Waals surface area contributed by atoms with Crippen LogP contribution in [0.4, 0.5) is 0 Å². The largest absolute Gasteiger partial charge is 0.493 e. The summed E-state index contributed by atoms with van der Waals surface area (Å²) in [7, 11) is 0. The normalized spacial score (nSPS) is 29.5. The molecule has 22 heavy (non-hydrogen) atoms. The fraction of sp³-hybridized carbons (Fsp3) is 0.588. The van der Waals surface area contributed by atoms with E-state index in [1.807, 2.05) is 12.1 Å². The second kappa shape index (κ2) is 5.56. The van der Waals surface area contributed by atoms with Gasteiger partial charge in [-0.2, -0.15) is 0 Å². The molecular weight excluding hydrogens is 280 g/mol. The van der Waals surface area contributed by atoms with Crippen LogP contribution in [0, 0.1) is 11.3 Å². The number of para-hydroxylation sites is 1. The number of nitrogens with one attached hydrogen (secondary N) is 2. The van der Waals surface area contributed by atoms with E-state index >= 15 is 0 Å². The maximum Gasteiger partial charge on any atom is 0.230 e. The van der Waals surface area contributed by atoms with Crippen molar-refractivity contribution >= 4 is 5.91 Å². The second-order valence-corrected chi connectivity index (χ2v) is 6.51. The zero-order chi connectivity index (χ0) is 15.0. The fourth-order valence-electron chi connectivity index (χ4n) is 3.94. The molecule has 1 aromatic rings. The Morgan fingerprint density at radius 3 is 3.32 bits per heavy atom. The van der Waals surface area contributed by atoms with Gasteiger partial charge < -0.3 is 20.1 Å². The first kappa shape index (κ1) is 14.0. The van der Waals surface area contributed by atoms with Crippen molar-refractivity contribution in [2.75, 3.05) is 32.9 Å². The molecule has 5 nitrogen and oxygen atoms in total. The quantitative estimate of drug-likeness (QED) is 0.869. The smallest absolute Gasteiger partial charge is 0.230 e. The molecule has 0 unspecified atom stereocenters. The van der Waals surface area contributed by atoms with Gasteiger partial charge in [-0.05, 0) is 24.4 Å². The average molecular weight is 302 g/mol. The number of rotatable bonds is 3. The molecule has 4 rings (SSSR count). The Labute approximate surface area is 130 Å². The van der Waals surface area contributed by atoms with Gasteiger partial charge in [0.1, 0.15) is 5.75 Å². The van der Waals surface area contributed by atoms with E-state index in [1.165, 1.54) is 5.56 Å². The molecule has 2 saturated heterocycles. The highest BCUT2D eigenvalue weighted by atomic mass is 16.5. The van der Waals surface area contributed by atoms with Crippen LogP contribution in [0.2, 0.25) is 0 Å². The minimum Gasteiger partial charge on any atom is -0.493 e. The first-order valence-corrected chi connectivity index (χ1v) is 8.10. The number of carbonyl (C=O) groups is 1. The van der Waals surface area contributed by atoms with Crippen molar-refractivity contribution in [2.24, 2.45) is 11.3 Å². The summed E-state index contributed by atoms with van der Waals surface area (Å²) < 4.78 is 11.3. The zero-order valence-corrected chi connectivity index (χ0v) is 12.7. The van der Waals surface area contributed by atoms with Crippen molar-refractivity contribution in [3.63, 3.8) is 0 Å². The van der Waals surface area contributed by atoms with Gasteiger partial charge in [-0.3, -0.25) is 4.79 Å². The molecule has 3 aliphatic rings. The van der Waals surface area contributed by atoms with E-state index in [1.54, 1.807) is 0 Å². The fourth-order valence-corrected chi connectivity index (χ4v) is 3.94. The average Bonchev–Trinajstić information content (AvgIpc) is 3.19. The maximum absolute atomic E-state index is 12.8. The summed E-state index contributed by atoms with van der Waals surface area (Å²) >= 11 is 0. The minimum atomic E-state index is -0.392. The second-order valence-electron chi connectivity index (χ2n) is 6.51. The molecule has 3 heterocycles. The van der Waals surface area contributed by atoms with Crippen molar-refractivity contribution in [1.29, 1.82) is 0 Å². The molecule has 5 heteroatoms. The molecule has 0 aliphatic carbocycles. The van der Waals surface area contributed by atoms with Crippen LogP contribution in [0.5, 0.6) is 5.75 Å². The summed E-state index contributed by atoms with van der Waals surface area (Å²) in [6.07, 6.45) is 1.92. The molecule has 2 N–H and O–H groups in total. The summed E-state index contributed by atoms with van der Waals surface area (Å²) in [6, 6.07) is 6.17. The van der Waals surface area contributed by atoms with Crippen molar-refractivity contribution in [3.8, 4) is 5.75 Å². The third kappa shape index (κ3) is 2.20. The number of carbonyl (C=O) groups excluding carboxylic acids is 1. The molecule has 2 fully saturated rings. The molecular formula is C17H22N2O3. The number of hydrogen-bond donors (Lipinski definition) is 2. The van der Waals surface area contributed by atoms with Gasteiger partial charge in [-0.25, -0.2) is 0 Å². The Kier molecular flexibility index (Phi) is 3.54. The summed E-state index contributed by atoms with van der Waals surface area (Å²) in [6.45, 7) is 4.19. The third-order valence-electron chi connectivity index (χ3n) is 5.27. The molecule has 3 aliphatic heterocycles. The number of fused-ring (bicyclic) bond motifs is 2. The first-order valence-electron chi connectivity index (χ1n) is 8.10. The molecule has 0 aromatic heterocycles. The Balaban J connectivity index is 1.48. The number of ether oxygens (including phenoxy) is 2. The molecule has 118 valence electrons. The van der Waals surface area contributed by atoms with Crippen LogP contribution in [0.25, 0.3) is 0 Å². The van der Waals surface area contributed by atoms with Gasteiger partial charge in [0.25, 0.3) is 0 Å². The lowest BCUT2D eigenvalue weighted by Gasteiger charge is -2.36. The lowest BCUT2D eigenvalue weighted by Crippen LogP contribution is -2.51. The zero-order valence-electron chi connectivity index (χ0n) is 12.7. The van der Waals surface area contributed by atoms with E-state index in [9.17, 15) is 4.79 Å². The van der Waals surface area contributed by atoms with Gasteiger partial charge in [0, 0.05) is 31.7 Å². The van der Waals surface area contributed by atoms with Crippen molar-refractivity contribution in [3.05, 3.63) is 29.3 Å². The Hall–Kier alpha value is -1.59. The molecule has 1 aromatic carbocycles. The summed E-state index contributed by atoms with van der Waals surface area (Å²) in [5.74, 6) is 1.46. The van der Waals surface area contributed by atoms with E-state index < -0.39 is 5.41 Å². The maximum atomic E-state index is 12.8. The van der Waals surface area contributed by atoms with Gasteiger partial charge in [-0.15, -0.1) is 0 Å². The topological polar surface area (TPSA) is 59.6 Å². The predicted octanol–water partition coefficient (Wildman–Crippen LogP) is 0.864. The lowest BCUT2D eigenvalue weighted by atomic mass is 9.75. The third-order valence-corrected chi connectivity index (χ3v) is 5.27. The van der Waals surface area contributed by atoms with Crippen LogP contribution in [0.3, 0.4) is 0 Å². The van der Waals surface area contributed by atoms with E-state index in [0.29, 0.717) is 25.6 Å². The molecule has 0 spiro atoms. The molecule has 2 atom stereocenters. The van der Waals surface area contributed by atoms with Gasteiger partial charge in [0.2, 0.25) is 5.91 Å². The van der Waals surface area contributed by atoms with E-state index in [0.717, 1.165) is 43.9 Å². The molecule has 0 bridgehead atoms. The van der Waals surface area contributed by atoms with E-state index in [4.69, 9.17) is 9.47 Å². The summed E-state index contributed by atoms with van der Waals surface area (Å²) in [5.41, 5.74) is 1.92. The van der Waals surface area contributed by atoms with Crippen molar-refractivity contribution in [1.82, 2.24) is 10.6 Å². The van der Waals surface area contributed by atoms with Crippen LogP contribution in [-0.4, -0.2) is 38.8 Å². The minimum absolute atomic E-state index is 0.109. The highest BCUT2D eigenvalue weighted by Crippen LogP contribution is 2.38. The monoisotopic (exact) mass is 302 g/mol. The van der Waals surface area contributed by atoms with Gasteiger partial charge in [0.15, 0.2) is 0 Å². The Bertz CT molecular complexity index is 589. The van der Waals surface area contributed by atoms with Crippen LogP contribution >= 0.6 is 0 Å². The highest BCUT2D eigenvalue weighted by Gasteiger charge is 2.50. The highest BCUT2D eigenvalue weighted by molar-refractivity contribution is 5.84. The summed E-state index contributed by atoms with van der Waals surface area (Å²) in [5, 5.41) is 6.48. The number of hydrogen-bond acceptors (Lipinski definition) is 4. The predicted molar refractivity (Wildman–Crippen MR) is 81.7 cm³/mol. The van der Waals surface area contributed by atoms with Crippen LogP contribution < -0.4 is 15.4 Å². The Morgan fingerprint density at radius 1 is 1.41 bits per heavy atom. The molecule has 0 saturated carbocycles. The standard InChI is InChI=1S/C17H22N2O3/c20-16(17-10-18-9-14(17)5-6-21-11-17)19-8-13-3-1-2-12-4-7-22-15(12)13/h1-3,14,18H,4-11H2,(H,19,20)/t14-,17+/m1/s1. The van der Waals surface area contributed by atoms with Gasteiger partial charge in [-0.1, -0.05) is 18.2 Å². The SMILES string of the molecule is O=C(NCc1cccc2c1OCC2)[C@]12CNC[C@H]1CCOC2. The van der Waals surface area contributed by atoms with Gasteiger partial charge in [0.05, 0.1) is 18.6 Å². The van der Waals surface area contributed by atoms with Crippen LogP contribution in [0.1, 0.15) is 17.5 Å². The van der Waals surface area contributed by atoms with Crippen molar-refractivity contribution < 1.29 is 14.3 Å².